The summed E-state index contributed by atoms with van der Waals surface area (Å²) >= 11 is 0. The lowest BCUT2D eigenvalue weighted by Gasteiger charge is -2.02. The fraction of sp³-hybridized carbons (Fsp3) is 0.462. The Morgan fingerprint density at radius 3 is 2.50 bits per heavy atom. The molecule has 16 heavy (non-hydrogen) atoms. The second-order valence-corrected chi connectivity index (χ2v) is 4.31. The van der Waals surface area contributed by atoms with Crippen LogP contribution in [0.5, 0.6) is 0 Å². The lowest BCUT2D eigenvalue weighted by atomic mass is 10.0. The third-order valence-corrected chi connectivity index (χ3v) is 2.80. The summed E-state index contributed by atoms with van der Waals surface area (Å²) in [6, 6.07) is 8.11. The number of amides is 1. The number of carbonyl (C=O) groups excluding carboxylic acids is 1. The molecule has 1 unspecified atom stereocenters. The maximum absolute atomic E-state index is 10.7. The Labute approximate surface area is 95.6 Å². The van der Waals surface area contributed by atoms with E-state index >= 15 is 0 Å². The molecule has 2 rings (SSSR count). The average molecular weight is 219 g/mol. The number of epoxide rings is 1. The SMILES string of the molecule is NC(=O)Cc1ccc(CCCC2CO2)cc1. The first-order valence-electron chi connectivity index (χ1n) is 5.72. The van der Waals surface area contributed by atoms with Crippen molar-refractivity contribution in [3.63, 3.8) is 0 Å². The first-order chi connectivity index (χ1) is 7.74. The van der Waals surface area contributed by atoms with E-state index in [-0.39, 0.29) is 5.91 Å². The number of nitrogens with two attached hydrogens (primary N) is 1. The van der Waals surface area contributed by atoms with Crippen molar-refractivity contribution in [2.45, 2.75) is 31.8 Å². The largest absolute Gasteiger partial charge is 0.373 e. The Hall–Kier alpha value is -1.35. The van der Waals surface area contributed by atoms with Gasteiger partial charge in [-0.3, -0.25) is 4.79 Å². The predicted octanol–water partition coefficient (Wildman–Crippen LogP) is 1.44. The molecule has 1 aliphatic rings. The zero-order valence-corrected chi connectivity index (χ0v) is 9.32. The molecule has 1 aromatic carbocycles. The van der Waals surface area contributed by atoms with Crippen molar-refractivity contribution in [2.24, 2.45) is 5.73 Å². The number of carbonyl (C=O) groups is 1. The van der Waals surface area contributed by atoms with Crippen molar-refractivity contribution in [1.82, 2.24) is 0 Å². The van der Waals surface area contributed by atoms with Gasteiger partial charge >= 0.3 is 0 Å². The molecule has 0 aliphatic carbocycles. The van der Waals surface area contributed by atoms with Crippen LogP contribution in [-0.4, -0.2) is 18.6 Å². The van der Waals surface area contributed by atoms with E-state index in [1.807, 2.05) is 12.1 Å². The van der Waals surface area contributed by atoms with Gasteiger partial charge in [-0.1, -0.05) is 24.3 Å². The lowest BCUT2D eigenvalue weighted by molar-refractivity contribution is -0.117. The van der Waals surface area contributed by atoms with Gasteiger partial charge in [0.25, 0.3) is 0 Å². The van der Waals surface area contributed by atoms with E-state index in [1.165, 1.54) is 12.0 Å². The molecule has 0 radical (unpaired) electrons. The van der Waals surface area contributed by atoms with Crippen molar-refractivity contribution in [2.75, 3.05) is 6.61 Å². The van der Waals surface area contributed by atoms with Crippen LogP contribution in [-0.2, 0) is 22.4 Å². The summed E-state index contributed by atoms with van der Waals surface area (Å²) in [5.41, 5.74) is 7.43. The molecule has 1 aliphatic heterocycles. The highest BCUT2D eigenvalue weighted by molar-refractivity contribution is 5.76. The average Bonchev–Trinajstić information content (AvgIpc) is 3.04. The van der Waals surface area contributed by atoms with Gasteiger partial charge in [0.15, 0.2) is 0 Å². The first kappa shape index (κ1) is 11.1. The molecule has 3 nitrogen and oxygen atoms in total. The van der Waals surface area contributed by atoms with Crippen LogP contribution in [0.1, 0.15) is 24.0 Å². The van der Waals surface area contributed by atoms with Gasteiger partial charge < -0.3 is 10.5 Å². The first-order valence-corrected chi connectivity index (χ1v) is 5.72. The van der Waals surface area contributed by atoms with Crippen molar-refractivity contribution in [3.8, 4) is 0 Å². The van der Waals surface area contributed by atoms with Crippen LogP contribution in [0.2, 0.25) is 0 Å². The molecule has 1 saturated heterocycles. The number of hydrogen-bond donors (Lipinski definition) is 1. The molecule has 3 heteroatoms. The van der Waals surface area contributed by atoms with Crippen LogP contribution in [0, 0.1) is 0 Å². The zero-order valence-electron chi connectivity index (χ0n) is 9.32. The molecule has 86 valence electrons. The fourth-order valence-corrected chi connectivity index (χ4v) is 1.79. The maximum Gasteiger partial charge on any atom is 0.221 e. The summed E-state index contributed by atoms with van der Waals surface area (Å²) < 4.78 is 5.16. The highest BCUT2D eigenvalue weighted by Crippen LogP contribution is 2.17. The molecule has 2 N–H and O–H groups in total. The van der Waals surface area contributed by atoms with Crippen LogP contribution < -0.4 is 5.73 Å². The molecule has 0 spiro atoms. The van der Waals surface area contributed by atoms with E-state index in [1.54, 1.807) is 0 Å². The van der Waals surface area contributed by atoms with Crippen LogP contribution in [0.4, 0.5) is 0 Å². The van der Waals surface area contributed by atoms with Gasteiger partial charge in [-0.15, -0.1) is 0 Å². The molecule has 0 saturated carbocycles. The summed E-state index contributed by atoms with van der Waals surface area (Å²) in [7, 11) is 0. The van der Waals surface area contributed by atoms with E-state index in [2.05, 4.69) is 12.1 Å². The molecular weight excluding hydrogens is 202 g/mol. The standard InChI is InChI=1S/C13H17NO2/c14-13(15)8-11-6-4-10(5-7-11)2-1-3-12-9-16-12/h4-7,12H,1-3,8-9H2,(H2,14,15). The number of rotatable bonds is 6. The fourth-order valence-electron chi connectivity index (χ4n) is 1.79. The van der Waals surface area contributed by atoms with Gasteiger partial charge in [-0.05, 0) is 30.4 Å². The monoisotopic (exact) mass is 219 g/mol. The second-order valence-electron chi connectivity index (χ2n) is 4.31. The maximum atomic E-state index is 10.7. The molecule has 0 bridgehead atoms. The number of hydrogen-bond acceptors (Lipinski definition) is 2. The van der Waals surface area contributed by atoms with Gasteiger partial charge in [0.1, 0.15) is 0 Å². The Bertz CT molecular complexity index is 355. The lowest BCUT2D eigenvalue weighted by Crippen LogP contribution is -2.13. The number of primary amides is 1. The van der Waals surface area contributed by atoms with E-state index in [0.717, 1.165) is 25.0 Å². The van der Waals surface area contributed by atoms with E-state index < -0.39 is 0 Å². The normalized spacial score (nSPS) is 18.4. The minimum Gasteiger partial charge on any atom is -0.373 e. The van der Waals surface area contributed by atoms with Crippen molar-refractivity contribution >= 4 is 5.91 Å². The molecule has 1 amide bonds. The van der Waals surface area contributed by atoms with Crippen molar-refractivity contribution < 1.29 is 9.53 Å². The van der Waals surface area contributed by atoms with Gasteiger partial charge in [-0.25, -0.2) is 0 Å². The molecule has 0 aromatic heterocycles. The van der Waals surface area contributed by atoms with Crippen LogP contribution in [0.25, 0.3) is 0 Å². The number of ether oxygens (including phenoxy) is 1. The van der Waals surface area contributed by atoms with E-state index in [9.17, 15) is 4.79 Å². The van der Waals surface area contributed by atoms with Gasteiger partial charge in [0.05, 0.1) is 19.1 Å². The summed E-state index contributed by atoms with van der Waals surface area (Å²) in [6.07, 6.45) is 4.25. The highest BCUT2D eigenvalue weighted by atomic mass is 16.6. The van der Waals surface area contributed by atoms with Crippen molar-refractivity contribution in [1.29, 1.82) is 0 Å². The van der Waals surface area contributed by atoms with Crippen LogP contribution in [0.15, 0.2) is 24.3 Å². The van der Waals surface area contributed by atoms with E-state index in [0.29, 0.717) is 12.5 Å². The molecular formula is C13H17NO2. The van der Waals surface area contributed by atoms with Gasteiger partial charge in [0, 0.05) is 0 Å². The van der Waals surface area contributed by atoms with Crippen molar-refractivity contribution in [3.05, 3.63) is 35.4 Å². The van der Waals surface area contributed by atoms with Gasteiger partial charge in [0.2, 0.25) is 5.91 Å². The Balaban J connectivity index is 1.78. The number of benzene rings is 1. The van der Waals surface area contributed by atoms with Crippen LogP contribution >= 0.6 is 0 Å². The topological polar surface area (TPSA) is 55.6 Å². The predicted molar refractivity (Wildman–Crippen MR) is 62.0 cm³/mol. The summed E-state index contributed by atoms with van der Waals surface area (Å²) in [6.45, 7) is 0.942. The molecule has 1 fully saturated rings. The number of aryl methyl sites for hydroxylation is 1. The quantitative estimate of drug-likeness (QED) is 0.736. The minimum absolute atomic E-state index is 0.279. The molecule has 1 atom stereocenters. The van der Waals surface area contributed by atoms with Crippen LogP contribution in [0.3, 0.4) is 0 Å². The minimum atomic E-state index is -0.279. The summed E-state index contributed by atoms with van der Waals surface area (Å²) in [4.78, 5) is 10.7. The Morgan fingerprint density at radius 1 is 1.31 bits per heavy atom. The third-order valence-electron chi connectivity index (χ3n) is 2.80. The van der Waals surface area contributed by atoms with E-state index in [4.69, 9.17) is 10.5 Å². The molecule has 1 heterocycles. The highest BCUT2D eigenvalue weighted by Gasteiger charge is 2.20. The summed E-state index contributed by atoms with van der Waals surface area (Å²) in [5, 5.41) is 0. The van der Waals surface area contributed by atoms with Gasteiger partial charge in [-0.2, -0.15) is 0 Å². The third kappa shape index (κ3) is 3.66. The second kappa shape index (κ2) is 5.12. The Morgan fingerprint density at radius 2 is 1.94 bits per heavy atom. The zero-order chi connectivity index (χ0) is 11.4. The Kier molecular flexibility index (Phi) is 3.57. The molecule has 1 aromatic rings. The summed E-state index contributed by atoms with van der Waals surface area (Å²) in [5.74, 6) is -0.279. The smallest absolute Gasteiger partial charge is 0.221 e.